The summed E-state index contributed by atoms with van der Waals surface area (Å²) in [6.45, 7) is 0.650. The van der Waals surface area contributed by atoms with E-state index in [-0.39, 0.29) is 6.04 Å². The first kappa shape index (κ1) is 11.5. The standard InChI is InChI=1S/C11H19N3O2/c1-12-9(7-15-2)6-11-13-10(14-16-11)5-8-3-4-8/h8-9,12H,3-7H2,1-2H3. The number of nitrogens with zero attached hydrogens (tertiary/aromatic N) is 2. The molecule has 1 fully saturated rings. The summed E-state index contributed by atoms with van der Waals surface area (Å²) in [6, 6.07) is 0.235. The van der Waals surface area contributed by atoms with Gasteiger partial charge in [-0.15, -0.1) is 0 Å². The van der Waals surface area contributed by atoms with Crippen LogP contribution < -0.4 is 5.32 Å². The predicted octanol–water partition coefficient (Wildman–Crippen LogP) is 0.799. The van der Waals surface area contributed by atoms with Gasteiger partial charge in [0.2, 0.25) is 5.89 Å². The Morgan fingerprint density at radius 2 is 2.38 bits per heavy atom. The number of ether oxygens (including phenoxy) is 1. The van der Waals surface area contributed by atoms with Crippen LogP contribution in [-0.4, -0.2) is 36.9 Å². The van der Waals surface area contributed by atoms with Crippen LogP contribution in [-0.2, 0) is 17.6 Å². The molecule has 1 saturated carbocycles. The third kappa shape index (κ3) is 3.28. The molecule has 0 amide bonds. The third-order valence-corrected chi connectivity index (χ3v) is 2.88. The van der Waals surface area contributed by atoms with Gasteiger partial charge in [-0.1, -0.05) is 5.16 Å². The molecule has 0 radical (unpaired) electrons. The predicted molar refractivity (Wildman–Crippen MR) is 59.2 cm³/mol. The molecule has 1 atom stereocenters. The monoisotopic (exact) mass is 225 g/mol. The Morgan fingerprint density at radius 3 is 3.00 bits per heavy atom. The van der Waals surface area contributed by atoms with Crippen molar-refractivity contribution in [1.29, 1.82) is 0 Å². The van der Waals surface area contributed by atoms with Crippen LogP contribution in [0.1, 0.15) is 24.6 Å². The van der Waals surface area contributed by atoms with E-state index in [0.717, 1.165) is 24.6 Å². The molecule has 1 N–H and O–H groups in total. The van der Waals surface area contributed by atoms with Crippen molar-refractivity contribution in [2.45, 2.75) is 31.7 Å². The van der Waals surface area contributed by atoms with E-state index < -0.39 is 0 Å². The van der Waals surface area contributed by atoms with Gasteiger partial charge in [0.05, 0.1) is 6.61 Å². The van der Waals surface area contributed by atoms with E-state index in [1.54, 1.807) is 7.11 Å². The maximum Gasteiger partial charge on any atom is 0.228 e. The number of nitrogens with one attached hydrogen (secondary N) is 1. The minimum atomic E-state index is 0.235. The molecule has 1 unspecified atom stereocenters. The minimum absolute atomic E-state index is 0.235. The Kier molecular flexibility index (Phi) is 3.90. The van der Waals surface area contributed by atoms with Crippen LogP contribution in [0, 0.1) is 5.92 Å². The summed E-state index contributed by atoms with van der Waals surface area (Å²) < 4.78 is 10.3. The average Bonchev–Trinajstić information content (AvgIpc) is 2.98. The lowest BCUT2D eigenvalue weighted by Crippen LogP contribution is -2.32. The third-order valence-electron chi connectivity index (χ3n) is 2.88. The lowest BCUT2D eigenvalue weighted by molar-refractivity contribution is 0.165. The number of rotatable bonds is 7. The molecular formula is C11H19N3O2. The molecule has 1 aromatic heterocycles. The molecule has 1 heterocycles. The first-order valence-electron chi connectivity index (χ1n) is 5.79. The Labute approximate surface area is 95.6 Å². The summed E-state index contributed by atoms with van der Waals surface area (Å²) in [7, 11) is 3.60. The number of hydrogen-bond donors (Lipinski definition) is 1. The number of methoxy groups -OCH3 is 1. The molecule has 0 bridgehead atoms. The fourth-order valence-corrected chi connectivity index (χ4v) is 1.69. The summed E-state index contributed by atoms with van der Waals surface area (Å²) in [4.78, 5) is 4.39. The molecule has 0 aromatic carbocycles. The van der Waals surface area contributed by atoms with Crippen molar-refractivity contribution < 1.29 is 9.26 Å². The summed E-state index contributed by atoms with van der Waals surface area (Å²) in [6.07, 6.45) is 4.32. The van der Waals surface area contributed by atoms with Crippen LogP contribution in [0.5, 0.6) is 0 Å². The van der Waals surface area contributed by atoms with Crippen LogP contribution in [0.25, 0.3) is 0 Å². The van der Waals surface area contributed by atoms with E-state index in [1.807, 2.05) is 7.05 Å². The van der Waals surface area contributed by atoms with Crippen molar-refractivity contribution in [3.63, 3.8) is 0 Å². The van der Waals surface area contributed by atoms with Gasteiger partial charge in [0.25, 0.3) is 0 Å². The maximum absolute atomic E-state index is 5.22. The zero-order valence-electron chi connectivity index (χ0n) is 9.90. The second kappa shape index (κ2) is 5.41. The van der Waals surface area contributed by atoms with Crippen molar-refractivity contribution >= 4 is 0 Å². The van der Waals surface area contributed by atoms with E-state index in [9.17, 15) is 0 Å². The van der Waals surface area contributed by atoms with E-state index in [1.165, 1.54) is 12.8 Å². The van der Waals surface area contributed by atoms with E-state index in [0.29, 0.717) is 12.5 Å². The van der Waals surface area contributed by atoms with Crippen LogP contribution in [0.15, 0.2) is 4.52 Å². The normalized spacial score (nSPS) is 17.6. The van der Waals surface area contributed by atoms with Crippen molar-refractivity contribution in [2.24, 2.45) is 5.92 Å². The number of aromatic nitrogens is 2. The van der Waals surface area contributed by atoms with Gasteiger partial charge < -0.3 is 14.6 Å². The summed E-state index contributed by atoms with van der Waals surface area (Å²) in [5.74, 6) is 2.35. The van der Waals surface area contributed by atoms with E-state index >= 15 is 0 Å². The van der Waals surface area contributed by atoms with Gasteiger partial charge in [0, 0.05) is 26.0 Å². The van der Waals surface area contributed by atoms with Crippen LogP contribution in [0.3, 0.4) is 0 Å². The lowest BCUT2D eigenvalue weighted by Gasteiger charge is -2.11. The average molecular weight is 225 g/mol. The molecule has 16 heavy (non-hydrogen) atoms. The van der Waals surface area contributed by atoms with Gasteiger partial charge in [-0.2, -0.15) is 4.98 Å². The highest BCUT2D eigenvalue weighted by atomic mass is 16.5. The van der Waals surface area contributed by atoms with Crippen LogP contribution in [0.2, 0.25) is 0 Å². The highest BCUT2D eigenvalue weighted by Crippen LogP contribution is 2.31. The fourth-order valence-electron chi connectivity index (χ4n) is 1.69. The molecule has 0 saturated heterocycles. The zero-order valence-corrected chi connectivity index (χ0v) is 9.90. The van der Waals surface area contributed by atoms with Gasteiger partial charge >= 0.3 is 0 Å². The quantitative estimate of drug-likeness (QED) is 0.743. The molecule has 90 valence electrons. The number of hydrogen-bond acceptors (Lipinski definition) is 5. The second-order valence-corrected chi connectivity index (χ2v) is 4.40. The van der Waals surface area contributed by atoms with Gasteiger partial charge in [-0.3, -0.25) is 0 Å². The molecule has 2 rings (SSSR count). The van der Waals surface area contributed by atoms with Gasteiger partial charge in [-0.25, -0.2) is 0 Å². The van der Waals surface area contributed by atoms with Gasteiger partial charge in [0.15, 0.2) is 5.82 Å². The number of likely N-dealkylation sites (N-methyl/N-ethyl adjacent to an activating group) is 1. The highest BCUT2D eigenvalue weighted by Gasteiger charge is 2.24. The molecule has 0 spiro atoms. The van der Waals surface area contributed by atoms with Crippen molar-refractivity contribution in [3.05, 3.63) is 11.7 Å². The molecule has 1 aliphatic carbocycles. The van der Waals surface area contributed by atoms with Crippen molar-refractivity contribution in [3.8, 4) is 0 Å². The summed E-state index contributed by atoms with van der Waals surface area (Å²) >= 11 is 0. The first-order chi connectivity index (χ1) is 7.81. The van der Waals surface area contributed by atoms with Gasteiger partial charge in [-0.05, 0) is 25.8 Å². The Balaban J connectivity index is 1.84. The second-order valence-electron chi connectivity index (χ2n) is 4.40. The van der Waals surface area contributed by atoms with Crippen LogP contribution in [0.4, 0.5) is 0 Å². The highest BCUT2D eigenvalue weighted by molar-refractivity contribution is 4.93. The summed E-state index contributed by atoms with van der Waals surface area (Å²) in [5, 5.41) is 7.15. The fraction of sp³-hybridized carbons (Fsp3) is 0.818. The van der Waals surface area contributed by atoms with Crippen molar-refractivity contribution in [2.75, 3.05) is 20.8 Å². The van der Waals surface area contributed by atoms with Gasteiger partial charge in [0.1, 0.15) is 0 Å². The molecule has 0 aliphatic heterocycles. The van der Waals surface area contributed by atoms with Crippen molar-refractivity contribution in [1.82, 2.24) is 15.5 Å². The Bertz CT molecular complexity index is 323. The maximum atomic E-state index is 5.22. The van der Waals surface area contributed by atoms with Crippen LogP contribution >= 0.6 is 0 Å². The molecule has 1 aliphatic rings. The lowest BCUT2D eigenvalue weighted by atomic mass is 10.2. The summed E-state index contributed by atoms with van der Waals surface area (Å²) in [5.41, 5.74) is 0. The molecular weight excluding hydrogens is 206 g/mol. The molecule has 5 heteroatoms. The minimum Gasteiger partial charge on any atom is -0.383 e. The SMILES string of the molecule is CNC(COC)Cc1nc(CC2CC2)no1. The largest absolute Gasteiger partial charge is 0.383 e. The zero-order chi connectivity index (χ0) is 11.4. The Morgan fingerprint density at radius 1 is 1.56 bits per heavy atom. The molecule has 5 nitrogen and oxygen atoms in total. The first-order valence-corrected chi connectivity index (χ1v) is 5.79. The van der Waals surface area contributed by atoms with E-state index in [2.05, 4.69) is 15.5 Å². The Hall–Kier alpha value is -0.940. The molecule has 1 aromatic rings. The smallest absolute Gasteiger partial charge is 0.228 e. The van der Waals surface area contributed by atoms with E-state index in [4.69, 9.17) is 9.26 Å². The topological polar surface area (TPSA) is 60.2 Å².